The van der Waals surface area contributed by atoms with E-state index in [0.29, 0.717) is 0 Å². The number of benzene rings is 2. The molecule has 0 fully saturated rings. The molecule has 0 saturated heterocycles. The van der Waals surface area contributed by atoms with E-state index < -0.39 is 0 Å². The molecule has 0 heterocycles. The van der Waals surface area contributed by atoms with Crippen LogP contribution in [0.5, 0.6) is 11.5 Å². The fraction of sp³-hybridized carbons (Fsp3) is 0.222. The Kier molecular flexibility index (Phi) is 5.36. The third kappa shape index (κ3) is 4.57. The number of amides is 1. The molecule has 5 heteroatoms. The highest BCUT2D eigenvalue weighted by Gasteiger charge is 2.04. The topological polar surface area (TPSA) is 70.9 Å². The van der Waals surface area contributed by atoms with Crippen molar-refractivity contribution in [3.05, 3.63) is 58.7 Å². The number of phenolic OH excluding ortho intramolecular Hbond substituents is 1. The Morgan fingerprint density at radius 2 is 1.83 bits per heavy atom. The second kappa shape index (κ2) is 7.45. The van der Waals surface area contributed by atoms with Crippen molar-refractivity contribution in [1.82, 2.24) is 5.43 Å². The summed E-state index contributed by atoms with van der Waals surface area (Å²) in [7, 11) is 1.60. The van der Waals surface area contributed by atoms with Crippen LogP contribution in [-0.4, -0.2) is 24.3 Å². The average Bonchev–Trinajstić information content (AvgIpc) is 2.53. The van der Waals surface area contributed by atoms with E-state index in [0.717, 1.165) is 28.0 Å². The van der Waals surface area contributed by atoms with E-state index in [1.807, 2.05) is 50.2 Å². The Morgan fingerprint density at radius 3 is 2.39 bits per heavy atom. The quantitative estimate of drug-likeness (QED) is 0.659. The Balaban J connectivity index is 1.93. The average molecular weight is 312 g/mol. The predicted octanol–water partition coefficient (Wildman–Crippen LogP) is 2.71. The zero-order valence-corrected chi connectivity index (χ0v) is 13.5. The minimum absolute atomic E-state index is 0.196. The first-order valence-corrected chi connectivity index (χ1v) is 7.24. The lowest BCUT2D eigenvalue weighted by Crippen LogP contribution is -2.19. The Morgan fingerprint density at radius 1 is 1.22 bits per heavy atom. The molecule has 5 nitrogen and oxygen atoms in total. The van der Waals surface area contributed by atoms with Crippen LogP contribution >= 0.6 is 0 Å². The van der Waals surface area contributed by atoms with Crippen molar-refractivity contribution >= 4 is 12.1 Å². The summed E-state index contributed by atoms with van der Waals surface area (Å²) in [5.74, 6) is 0.842. The van der Waals surface area contributed by atoms with Crippen LogP contribution in [-0.2, 0) is 11.2 Å². The number of aromatic hydroxyl groups is 1. The number of methoxy groups -OCH3 is 1. The van der Waals surface area contributed by atoms with Crippen molar-refractivity contribution in [2.24, 2.45) is 5.10 Å². The van der Waals surface area contributed by atoms with Crippen molar-refractivity contribution < 1.29 is 14.6 Å². The number of rotatable bonds is 5. The van der Waals surface area contributed by atoms with E-state index in [1.165, 1.54) is 0 Å². The van der Waals surface area contributed by atoms with Crippen LogP contribution in [0.25, 0.3) is 0 Å². The molecule has 2 aromatic carbocycles. The van der Waals surface area contributed by atoms with Gasteiger partial charge in [0.25, 0.3) is 0 Å². The maximum Gasteiger partial charge on any atom is 0.244 e. The summed E-state index contributed by atoms with van der Waals surface area (Å²) in [6.45, 7) is 3.64. The van der Waals surface area contributed by atoms with E-state index in [1.54, 1.807) is 13.3 Å². The molecule has 2 N–H and O–H groups in total. The van der Waals surface area contributed by atoms with Crippen molar-refractivity contribution in [2.45, 2.75) is 20.3 Å². The van der Waals surface area contributed by atoms with Gasteiger partial charge in [0, 0.05) is 0 Å². The van der Waals surface area contributed by atoms with E-state index in [-0.39, 0.29) is 18.1 Å². The maximum atomic E-state index is 11.8. The molecule has 0 bridgehead atoms. The first-order chi connectivity index (χ1) is 11.0. The summed E-state index contributed by atoms with van der Waals surface area (Å²) >= 11 is 0. The van der Waals surface area contributed by atoms with Gasteiger partial charge in [-0.1, -0.05) is 12.1 Å². The maximum absolute atomic E-state index is 11.8. The number of hydrogen-bond acceptors (Lipinski definition) is 4. The minimum Gasteiger partial charge on any atom is -0.507 e. The Hall–Kier alpha value is -2.82. The van der Waals surface area contributed by atoms with E-state index in [4.69, 9.17) is 4.74 Å². The third-order valence-corrected chi connectivity index (χ3v) is 3.44. The van der Waals surface area contributed by atoms with Crippen LogP contribution in [0.4, 0.5) is 0 Å². The zero-order chi connectivity index (χ0) is 16.8. The highest BCUT2D eigenvalue weighted by molar-refractivity contribution is 5.84. The molecular weight excluding hydrogens is 292 g/mol. The highest BCUT2D eigenvalue weighted by atomic mass is 16.5. The predicted molar refractivity (Wildman–Crippen MR) is 90.0 cm³/mol. The fourth-order valence-electron chi connectivity index (χ4n) is 2.21. The largest absolute Gasteiger partial charge is 0.507 e. The summed E-state index contributed by atoms with van der Waals surface area (Å²) < 4.78 is 5.07. The lowest BCUT2D eigenvalue weighted by atomic mass is 10.1. The summed E-state index contributed by atoms with van der Waals surface area (Å²) in [5, 5.41) is 13.7. The van der Waals surface area contributed by atoms with Crippen molar-refractivity contribution in [3.63, 3.8) is 0 Å². The van der Waals surface area contributed by atoms with E-state index >= 15 is 0 Å². The van der Waals surface area contributed by atoms with Gasteiger partial charge in [-0.05, 0) is 60.4 Å². The van der Waals surface area contributed by atoms with Crippen LogP contribution in [0.15, 0.2) is 41.5 Å². The van der Waals surface area contributed by atoms with Gasteiger partial charge in [0.05, 0.1) is 19.7 Å². The van der Waals surface area contributed by atoms with Crippen LogP contribution in [0.2, 0.25) is 0 Å². The van der Waals surface area contributed by atoms with Gasteiger partial charge in [0.2, 0.25) is 5.91 Å². The molecule has 0 atom stereocenters. The lowest BCUT2D eigenvalue weighted by Gasteiger charge is -2.05. The number of carbonyl (C=O) groups is 1. The molecular formula is C18H20N2O3. The number of nitrogens with zero attached hydrogens (tertiary/aromatic N) is 1. The van der Waals surface area contributed by atoms with Gasteiger partial charge in [0.15, 0.2) is 0 Å². The van der Waals surface area contributed by atoms with Gasteiger partial charge in [-0.3, -0.25) is 4.79 Å². The Labute approximate surface area is 135 Å². The lowest BCUT2D eigenvalue weighted by molar-refractivity contribution is -0.120. The molecule has 0 aliphatic carbocycles. The van der Waals surface area contributed by atoms with Crippen molar-refractivity contribution in [2.75, 3.05) is 7.11 Å². The monoisotopic (exact) mass is 312 g/mol. The van der Waals surface area contributed by atoms with Gasteiger partial charge >= 0.3 is 0 Å². The van der Waals surface area contributed by atoms with E-state index in [9.17, 15) is 9.90 Å². The summed E-state index contributed by atoms with van der Waals surface area (Å²) in [4.78, 5) is 11.8. The molecule has 0 spiro atoms. The second-order valence-corrected chi connectivity index (χ2v) is 5.32. The fourth-order valence-corrected chi connectivity index (χ4v) is 2.21. The molecule has 0 unspecified atom stereocenters. The minimum atomic E-state index is -0.196. The summed E-state index contributed by atoms with van der Waals surface area (Å²) in [5.41, 5.74) is 5.75. The molecule has 23 heavy (non-hydrogen) atoms. The second-order valence-electron chi connectivity index (χ2n) is 5.32. The van der Waals surface area contributed by atoms with E-state index in [2.05, 4.69) is 10.5 Å². The normalized spacial score (nSPS) is 10.7. The standard InChI is InChI=1S/C18H20N2O3/c1-12-8-15(9-13(2)18(12)22)11-19-20-17(21)10-14-4-6-16(23-3)7-5-14/h4-9,11,22H,10H2,1-3H3,(H,20,21)/b19-11+. The molecule has 0 aliphatic heterocycles. The van der Waals surface area contributed by atoms with Gasteiger partial charge in [0.1, 0.15) is 11.5 Å². The first kappa shape index (κ1) is 16.5. The number of phenols is 1. The molecule has 0 saturated carbocycles. The van der Waals surface area contributed by atoms with Gasteiger partial charge in [-0.15, -0.1) is 0 Å². The first-order valence-electron chi connectivity index (χ1n) is 7.24. The van der Waals surface area contributed by atoms with Crippen molar-refractivity contribution in [1.29, 1.82) is 0 Å². The Bertz CT molecular complexity index is 699. The molecule has 2 rings (SSSR count). The number of aryl methyl sites for hydroxylation is 2. The zero-order valence-electron chi connectivity index (χ0n) is 13.5. The number of nitrogens with one attached hydrogen (secondary N) is 1. The molecule has 0 aliphatic rings. The van der Waals surface area contributed by atoms with Gasteiger partial charge in [-0.25, -0.2) is 5.43 Å². The molecule has 2 aromatic rings. The number of hydrogen-bond donors (Lipinski definition) is 2. The van der Waals surface area contributed by atoms with Crippen molar-refractivity contribution in [3.8, 4) is 11.5 Å². The van der Waals surface area contributed by atoms with Crippen LogP contribution in [0, 0.1) is 13.8 Å². The summed E-state index contributed by atoms with van der Waals surface area (Å²) in [6.07, 6.45) is 1.81. The summed E-state index contributed by atoms with van der Waals surface area (Å²) in [6, 6.07) is 10.9. The molecule has 0 radical (unpaired) electrons. The van der Waals surface area contributed by atoms with Gasteiger partial charge < -0.3 is 9.84 Å². The number of hydrazone groups is 1. The van der Waals surface area contributed by atoms with Crippen LogP contribution in [0.1, 0.15) is 22.3 Å². The number of ether oxygens (including phenoxy) is 1. The SMILES string of the molecule is COc1ccc(CC(=O)N/N=C/c2cc(C)c(O)c(C)c2)cc1. The van der Waals surface area contributed by atoms with Crippen LogP contribution in [0.3, 0.4) is 0 Å². The molecule has 120 valence electrons. The highest BCUT2D eigenvalue weighted by Crippen LogP contribution is 2.21. The molecule has 0 aromatic heterocycles. The van der Waals surface area contributed by atoms with Gasteiger partial charge in [-0.2, -0.15) is 5.10 Å². The third-order valence-electron chi connectivity index (χ3n) is 3.44. The molecule has 1 amide bonds. The van der Waals surface area contributed by atoms with Crippen LogP contribution < -0.4 is 10.2 Å². The number of carbonyl (C=O) groups excluding carboxylic acids is 1. The smallest absolute Gasteiger partial charge is 0.244 e.